The second kappa shape index (κ2) is 7.70. The highest BCUT2D eigenvalue weighted by molar-refractivity contribution is 6.02. The third kappa shape index (κ3) is 3.62. The molecule has 3 heterocycles. The van der Waals surface area contributed by atoms with E-state index in [1.807, 2.05) is 18.2 Å². The molecule has 7 heteroatoms. The summed E-state index contributed by atoms with van der Waals surface area (Å²) in [4.78, 5) is 36.4. The molecule has 1 aliphatic heterocycles. The van der Waals surface area contributed by atoms with Crippen LogP contribution in [0.2, 0.25) is 0 Å². The number of ether oxygens (including phenoxy) is 1. The Kier molecular flexibility index (Phi) is 5.37. The average molecular weight is 356 g/mol. The number of methoxy groups -OCH3 is 1. The van der Waals surface area contributed by atoms with Gasteiger partial charge in [0.15, 0.2) is 5.78 Å². The predicted octanol–water partition coefficient (Wildman–Crippen LogP) is 1.82. The second-order valence-corrected chi connectivity index (χ2v) is 6.49. The van der Waals surface area contributed by atoms with Gasteiger partial charge in [-0.15, -0.1) is 0 Å². The van der Waals surface area contributed by atoms with Gasteiger partial charge in [-0.05, 0) is 31.5 Å². The summed E-state index contributed by atoms with van der Waals surface area (Å²) in [7, 11) is 1.34. The van der Waals surface area contributed by atoms with E-state index in [0.29, 0.717) is 29.1 Å². The van der Waals surface area contributed by atoms with Crippen LogP contribution < -0.4 is 4.90 Å². The van der Waals surface area contributed by atoms with Crippen LogP contribution in [-0.4, -0.2) is 66.5 Å². The summed E-state index contributed by atoms with van der Waals surface area (Å²) in [5.41, 5.74) is 2.27. The minimum absolute atomic E-state index is 0.00737. The number of anilines is 1. The first-order valence-corrected chi connectivity index (χ1v) is 8.70. The van der Waals surface area contributed by atoms with Crippen molar-refractivity contribution in [3.05, 3.63) is 46.9 Å². The zero-order valence-electron chi connectivity index (χ0n) is 15.4. The molecule has 0 unspecified atom stereocenters. The van der Waals surface area contributed by atoms with Crippen LogP contribution in [0.15, 0.2) is 24.4 Å². The number of aromatic amines is 1. The van der Waals surface area contributed by atoms with Gasteiger partial charge in [0.25, 0.3) is 0 Å². The molecule has 1 fully saturated rings. The molecule has 0 bridgehead atoms. The number of rotatable bonds is 5. The van der Waals surface area contributed by atoms with Crippen LogP contribution >= 0.6 is 0 Å². The zero-order valence-corrected chi connectivity index (χ0v) is 15.4. The van der Waals surface area contributed by atoms with Crippen molar-refractivity contribution in [2.75, 3.05) is 44.7 Å². The van der Waals surface area contributed by atoms with Gasteiger partial charge in [-0.2, -0.15) is 0 Å². The highest BCUT2D eigenvalue weighted by Gasteiger charge is 2.25. The molecule has 26 heavy (non-hydrogen) atoms. The van der Waals surface area contributed by atoms with Crippen molar-refractivity contribution >= 4 is 17.6 Å². The Morgan fingerprint density at radius 1 is 1.19 bits per heavy atom. The summed E-state index contributed by atoms with van der Waals surface area (Å²) in [5, 5.41) is 0. The first kappa shape index (κ1) is 18.1. The summed E-state index contributed by atoms with van der Waals surface area (Å²) in [6.07, 6.45) is 1.79. The van der Waals surface area contributed by atoms with Gasteiger partial charge >= 0.3 is 5.97 Å². The fourth-order valence-corrected chi connectivity index (χ4v) is 3.40. The topological polar surface area (TPSA) is 78.5 Å². The molecule has 0 radical (unpaired) electrons. The molecule has 0 aliphatic carbocycles. The predicted molar refractivity (Wildman–Crippen MR) is 98.8 cm³/mol. The number of nitrogens with zero attached hydrogens (tertiary/aromatic N) is 3. The van der Waals surface area contributed by atoms with E-state index in [-0.39, 0.29) is 5.78 Å². The molecule has 1 saturated heterocycles. The van der Waals surface area contributed by atoms with E-state index < -0.39 is 5.97 Å². The molecular formula is C19H24N4O3. The molecule has 0 spiro atoms. The molecule has 2 aromatic heterocycles. The van der Waals surface area contributed by atoms with Crippen LogP contribution in [0.25, 0.3) is 0 Å². The Hall–Kier alpha value is -2.67. The zero-order chi connectivity index (χ0) is 18.7. The van der Waals surface area contributed by atoms with Crippen molar-refractivity contribution in [1.82, 2.24) is 14.9 Å². The fraction of sp³-hybridized carbons (Fsp3) is 0.421. The molecule has 7 nitrogen and oxygen atoms in total. The molecule has 0 saturated carbocycles. The van der Waals surface area contributed by atoms with Crippen LogP contribution in [0.3, 0.4) is 0 Å². The lowest BCUT2D eigenvalue weighted by Crippen LogP contribution is -2.48. The van der Waals surface area contributed by atoms with Gasteiger partial charge in [0.05, 0.1) is 24.9 Å². The third-order valence-corrected chi connectivity index (χ3v) is 4.82. The first-order chi connectivity index (χ1) is 12.5. The third-order valence-electron chi connectivity index (χ3n) is 4.82. The maximum Gasteiger partial charge on any atom is 0.339 e. The number of carbonyl (C=O) groups is 2. The quantitative estimate of drug-likeness (QED) is 0.650. The molecular weight excluding hydrogens is 332 g/mol. The lowest BCUT2D eigenvalue weighted by atomic mass is 10.1. The van der Waals surface area contributed by atoms with Crippen molar-refractivity contribution in [3.63, 3.8) is 0 Å². The first-order valence-electron chi connectivity index (χ1n) is 8.70. The number of aryl methyl sites for hydroxylation is 1. The number of carbonyl (C=O) groups excluding carboxylic acids is 2. The molecule has 3 rings (SSSR count). The van der Waals surface area contributed by atoms with Crippen LogP contribution in [0.5, 0.6) is 0 Å². The average Bonchev–Trinajstić information content (AvgIpc) is 2.97. The second-order valence-electron chi connectivity index (χ2n) is 6.49. The number of Topliss-reactive ketones (excluding diaryl/α,β-unsaturated/α-hetero) is 1. The molecule has 0 aromatic carbocycles. The van der Waals surface area contributed by atoms with Gasteiger partial charge in [-0.25, -0.2) is 9.78 Å². The van der Waals surface area contributed by atoms with Gasteiger partial charge in [-0.1, -0.05) is 6.07 Å². The summed E-state index contributed by atoms with van der Waals surface area (Å²) >= 11 is 0. The van der Waals surface area contributed by atoms with E-state index in [0.717, 1.165) is 32.0 Å². The van der Waals surface area contributed by atoms with Gasteiger partial charge < -0.3 is 14.6 Å². The number of piperazine rings is 1. The summed E-state index contributed by atoms with van der Waals surface area (Å²) in [5.74, 6) is 0.545. The SMILES string of the molecule is COC(=O)c1c(C)[nH]c(C(=O)CN2CCN(c3ccccn3)CC2)c1C. The van der Waals surface area contributed by atoms with Crippen LogP contribution in [0.4, 0.5) is 5.82 Å². The van der Waals surface area contributed by atoms with Crippen molar-refractivity contribution in [3.8, 4) is 0 Å². The van der Waals surface area contributed by atoms with Gasteiger partial charge in [0.1, 0.15) is 5.82 Å². The van der Waals surface area contributed by atoms with Crippen LogP contribution in [0.1, 0.15) is 32.1 Å². The molecule has 1 N–H and O–H groups in total. The smallest absolute Gasteiger partial charge is 0.339 e. The van der Waals surface area contributed by atoms with E-state index in [2.05, 4.69) is 19.8 Å². The van der Waals surface area contributed by atoms with Crippen molar-refractivity contribution in [1.29, 1.82) is 0 Å². The number of hydrogen-bond donors (Lipinski definition) is 1. The molecule has 0 atom stereocenters. The maximum absolute atomic E-state index is 12.7. The minimum Gasteiger partial charge on any atom is -0.465 e. The largest absolute Gasteiger partial charge is 0.465 e. The standard InChI is InChI=1S/C19H24N4O3/c1-13-17(19(25)26-3)14(2)21-18(13)15(24)12-22-8-10-23(11-9-22)16-6-4-5-7-20-16/h4-7,21H,8-12H2,1-3H3. The Morgan fingerprint density at radius 2 is 1.92 bits per heavy atom. The van der Waals surface area contributed by atoms with Gasteiger partial charge in [0, 0.05) is 38.1 Å². The molecule has 0 amide bonds. The fourth-order valence-electron chi connectivity index (χ4n) is 3.40. The lowest BCUT2D eigenvalue weighted by molar-refractivity contribution is 0.0599. The Balaban J connectivity index is 1.62. The van der Waals surface area contributed by atoms with E-state index in [1.54, 1.807) is 20.0 Å². The Morgan fingerprint density at radius 3 is 2.54 bits per heavy atom. The van der Waals surface area contributed by atoms with E-state index >= 15 is 0 Å². The molecule has 138 valence electrons. The number of aromatic nitrogens is 2. The van der Waals surface area contributed by atoms with E-state index in [9.17, 15) is 9.59 Å². The summed E-state index contributed by atoms with van der Waals surface area (Å²) in [6.45, 7) is 7.15. The van der Waals surface area contributed by atoms with E-state index in [4.69, 9.17) is 4.74 Å². The highest BCUT2D eigenvalue weighted by atomic mass is 16.5. The lowest BCUT2D eigenvalue weighted by Gasteiger charge is -2.34. The van der Waals surface area contributed by atoms with Crippen LogP contribution in [0, 0.1) is 13.8 Å². The highest BCUT2D eigenvalue weighted by Crippen LogP contribution is 2.20. The number of esters is 1. The molecule has 2 aromatic rings. The Bertz CT molecular complexity index is 793. The normalized spacial score (nSPS) is 15.1. The number of pyridine rings is 1. The number of H-pyrrole nitrogens is 1. The van der Waals surface area contributed by atoms with Crippen LogP contribution in [-0.2, 0) is 4.74 Å². The number of ketones is 1. The van der Waals surface area contributed by atoms with Gasteiger partial charge in [-0.3, -0.25) is 9.69 Å². The Labute approximate surface area is 153 Å². The minimum atomic E-state index is -0.417. The number of hydrogen-bond acceptors (Lipinski definition) is 6. The maximum atomic E-state index is 12.7. The molecule has 1 aliphatic rings. The van der Waals surface area contributed by atoms with E-state index in [1.165, 1.54) is 7.11 Å². The van der Waals surface area contributed by atoms with Crippen molar-refractivity contribution in [2.24, 2.45) is 0 Å². The van der Waals surface area contributed by atoms with Gasteiger partial charge in [0.2, 0.25) is 0 Å². The monoisotopic (exact) mass is 356 g/mol. The number of nitrogens with one attached hydrogen (secondary N) is 1. The van der Waals surface area contributed by atoms with Crippen molar-refractivity contribution < 1.29 is 14.3 Å². The summed E-state index contributed by atoms with van der Waals surface area (Å²) in [6, 6.07) is 5.88. The van der Waals surface area contributed by atoms with Crippen molar-refractivity contribution in [2.45, 2.75) is 13.8 Å². The summed E-state index contributed by atoms with van der Waals surface area (Å²) < 4.78 is 4.80.